The van der Waals surface area contributed by atoms with Crippen molar-refractivity contribution in [2.75, 3.05) is 5.73 Å². The van der Waals surface area contributed by atoms with Crippen molar-refractivity contribution in [3.8, 4) is 11.5 Å². The lowest BCUT2D eigenvalue weighted by Crippen LogP contribution is -1.93. The molecule has 0 saturated carbocycles. The maximum Gasteiger partial charge on any atom is 0.153 e. The Morgan fingerprint density at radius 2 is 1.86 bits per heavy atom. The number of ether oxygens (including phenoxy) is 1. The molecule has 0 unspecified atom stereocenters. The molecule has 0 aliphatic heterocycles. The predicted octanol–water partition coefficient (Wildman–Crippen LogP) is 5.27. The molecular weight excluding hydrogens is 403 g/mol. The fourth-order valence-electron chi connectivity index (χ4n) is 1.95. The van der Waals surface area contributed by atoms with Crippen LogP contribution >= 0.6 is 31.9 Å². The second-order valence-electron chi connectivity index (χ2n) is 4.38. The molecule has 3 rings (SSSR count). The lowest BCUT2D eigenvalue weighted by Gasteiger charge is -2.11. The molecule has 0 fully saturated rings. The Morgan fingerprint density at radius 1 is 1.05 bits per heavy atom. The zero-order valence-corrected chi connectivity index (χ0v) is 13.8. The van der Waals surface area contributed by atoms with Gasteiger partial charge >= 0.3 is 0 Å². The smallest absolute Gasteiger partial charge is 0.153 e. The van der Waals surface area contributed by atoms with E-state index in [4.69, 9.17) is 10.5 Å². The zero-order chi connectivity index (χ0) is 15.0. The lowest BCUT2D eigenvalue weighted by atomic mass is 10.1. The number of nitrogens with zero attached hydrogens (tertiary/aromatic N) is 1. The van der Waals surface area contributed by atoms with Crippen LogP contribution in [0.25, 0.3) is 10.9 Å². The molecule has 6 heteroatoms. The van der Waals surface area contributed by atoms with Crippen molar-refractivity contribution in [1.29, 1.82) is 0 Å². The number of anilines is 1. The number of nitrogen functional groups attached to an aromatic ring is 1. The largest absolute Gasteiger partial charge is 0.454 e. The van der Waals surface area contributed by atoms with Crippen LogP contribution in [0.5, 0.6) is 11.5 Å². The van der Waals surface area contributed by atoms with Gasteiger partial charge in [0, 0.05) is 27.8 Å². The number of aromatic nitrogens is 1. The van der Waals surface area contributed by atoms with Gasteiger partial charge in [0.1, 0.15) is 17.1 Å². The van der Waals surface area contributed by atoms with Crippen LogP contribution < -0.4 is 10.5 Å². The Balaban J connectivity index is 2.13. The van der Waals surface area contributed by atoms with Crippen LogP contribution in [0.15, 0.2) is 51.5 Å². The highest BCUT2D eigenvalue weighted by atomic mass is 79.9. The van der Waals surface area contributed by atoms with E-state index in [0.29, 0.717) is 27.2 Å². The summed E-state index contributed by atoms with van der Waals surface area (Å²) in [5, 5.41) is 0.773. The van der Waals surface area contributed by atoms with E-state index in [0.717, 1.165) is 9.86 Å². The number of halogens is 3. The Hall–Kier alpha value is -1.66. The second-order valence-corrected chi connectivity index (χ2v) is 6.15. The molecule has 0 radical (unpaired) electrons. The highest BCUT2D eigenvalue weighted by Crippen LogP contribution is 2.36. The van der Waals surface area contributed by atoms with E-state index < -0.39 is 0 Å². The van der Waals surface area contributed by atoms with E-state index in [9.17, 15) is 4.39 Å². The average molecular weight is 412 g/mol. The molecule has 0 atom stereocenters. The van der Waals surface area contributed by atoms with Crippen LogP contribution in [0.4, 0.5) is 10.1 Å². The molecule has 0 aliphatic carbocycles. The number of hydrogen-bond donors (Lipinski definition) is 1. The van der Waals surface area contributed by atoms with E-state index in [2.05, 4.69) is 36.8 Å². The summed E-state index contributed by atoms with van der Waals surface area (Å²) in [4.78, 5) is 4.33. The molecule has 0 spiro atoms. The van der Waals surface area contributed by atoms with Crippen molar-refractivity contribution in [3.05, 3.63) is 57.4 Å². The monoisotopic (exact) mass is 410 g/mol. The van der Waals surface area contributed by atoms with Gasteiger partial charge in [-0.1, -0.05) is 0 Å². The standard InChI is InChI=1S/C15H9Br2FN2O/c16-8-5-10-12(19)3-4-13(15(10)20-7-8)21-14-6-9(18)1-2-11(14)17/h1-7H,19H2. The third-order valence-electron chi connectivity index (χ3n) is 2.93. The number of fused-ring (bicyclic) bond motifs is 1. The molecule has 21 heavy (non-hydrogen) atoms. The maximum absolute atomic E-state index is 13.3. The minimum Gasteiger partial charge on any atom is -0.454 e. The zero-order valence-electron chi connectivity index (χ0n) is 10.6. The summed E-state index contributed by atoms with van der Waals surface area (Å²) in [6, 6.07) is 9.58. The third-order valence-corrected chi connectivity index (χ3v) is 4.01. The van der Waals surface area contributed by atoms with Gasteiger partial charge in [-0.15, -0.1) is 0 Å². The topological polar surface area (TPSA) is 48.1 Å². The van der Waals surface area contributed by atoms with Gasteiger partial charge in [0.25, 0.3) is 0 Å². The maximum atomic E-state index is 13.3. The van der Waals surface area contributed by atoms with Gasteiger partial charge in [-0.2, -0.15) is 0 Å². The highest BCUT2D eigenvalue weighted by Gasteiger charge is 2.11. The summed E-state index contributed by atoms with van der Waals surface area (Å²) in [5.41, 5.74) is 7.18. The fourth-order valence-corrected chi connectivity index (χ4v) is 2.60. The first kappa shape index (κ1) is 14.3. The molecule has 3 nitrogen and oxygen atoms in total. The second kappa shape index (κ2) is 5.61. The molecule has 106 valence electrons. The number of rotatable bonds is 2. The summed E-state index contributed by atoms with van der Waals surface area (Å²) < 4.78 is 20.6. The van der Waals surface area contributed by atoms with E-state index >= 15 is 0 Å². The van der Waals surface area contributed by atoms with Crippen molar-refractivity contribution in [3.63, 3.8) is 0 Å². The van der Waals surface area contributed by atoms with Gasteiger partial charge in [-0.05, 0) is 62.2 Å². The van der Waals surface area contributed by atoms with Crippen LogP contribution in [0.1, 0.15) is 0 Å². The molecule has 1 heterocycles. The predicted molar refractivity (Wildman–Crippen MR) is 88.0 cm³/mol. The minimum atomic E-state index is -0.372. The molecule has 1 aromatic heterocycles. The van der Waals surface area contributed by atoms with Gasteiger partial charge in [0.2, 0.25) is 0 Å². The SMILES string of the molecule is Nc1ccc(Oc2cc(F)ccc2Br)c2ncc(Br)cc12. The quantitative estimate of drug-likeness (QED) is 0.584. The molecule has 0 aliphatic rings. The molecule has 3 aromatic rings. The Labute approximate surface area is 137 Å². The van der Waals surface area contributed by atoms with E-state index in [-0.39, 0.29) is 5.82 Å². The van der Waals surface area contributed by atoms with Crippen LogP contribution in [0.3, 0.4) is 0 Å². The van der Waals surface area contributed by atoms with E-state index in [1.807, 2.05) is 6.07 Å². The van der Waals surface area contributed by atoms with Crippen LogP contribution in [0.2, 0.25) is 0 Å². The van der Waals surface area contributed by atoms with Crippen LogP contribution in [0, 0.1) is 5.82 Å². The van der Waals surface area contributed by atoms with Gasteiger partial charge in [0.15, 0.2) is 5.75 Å². The van der Waals surface area contributed by atoms with Crippen molar-refractivity contribution >= 4 is 48.5 Å². The van der Waals surface area contributed by atoms with Gasteiger partial charge < -0.3 is 10.5 Å². The Bertz CT molecular complexity index is 839. The fraction of sp³-hybridized carbons (Fsp3) is 0. The van der Waals surface area contributed by atoms with Crippen molar-refractivity contribution in [2.24, 2.45) is 0 Å². The average Bonchev–Trinajstić information content (AvgIpc) is 2.46. The Morgan fingerprint density at radius 3 is 2.67 bits per heavy atom. The van der Waals surface area contributed by atoms with Crippen molar-refractivity contribution in [1.82, 2.24) is 4.98 Å². The summed E-state index contributed by atoms with van der Waals surface area (Å²) in [6.07, 6.45) is 1.66. The molecule has 2 aromatic carbocycles. The van der Waals surface area contributed by atoms with E-state index in [1.165, 1.54) is 12.1 Å². The highest BCUT2D eigenvalue weighted by molar-refractivity contribution is 9.10. The molecule has 0 saturated heterocycles. The molecule has 0 amide bonds. The third kappa shape index (κ3) is 2.87. The number of benzene rings is 2. The molecule has 2 N–H and O–H groups in total. The summed E-state index contributed by atoms with van der Waals surface area (Å²) in [6.45, 7) is 0. The summed E-state index contributed by atoms with van der Waals surface area (Å²) in [5.74, 6) is 0.521. The van der Waals surface area contributed by atoms with Gasteiger partial charge in [0.05, 0.1) is 4.47 Å². The van der Waals surface area contributed by atoms with E-state index in [1.54, 1.807) is 24.4 Å². The first-order valence-corrected chi connectivity index (χ1v) is 7.60. The first-order chi connectivity index (χ1) is 10.0. The number of hydrogen-bond acceptors (Lipinski definition) is 3. The first-order valence-electron chi connectivity index (χ1n) is 6.01. The van der Waals surface area contributed by atoms with Gasteiger partial charge in [-0.3, -0.25) is 4.98 Å². The number of pyridine rings is 1. The van der Waals surface area contributed by atoms with Crippen molar-refractivity contribution in [2.45, 2.75) is 0 Å². The normalized spacial score (nSPS) is 10.8. The van der Waals surface area contributed by atoms with Crippen LogP contribution in [-0.4, -0.2) is 4.98 Å². The molecular formula is C15H9Br2FN2O. The molecule has 0 bridgehead atoms. The van der Waals surface area contributed by atoms with Crippen LogP contribution in [-0.2, 0) is 0 Å². The Kier molecular flexibility index (Phi) is 3.82. The van der Waals surface area contributed by atoms with Crippen molar-refractivity contribution < 1.29 is 9.13 Å². The minimum absolute atomic E-state index is 0.372. The van der Waals surface area contributed by atoms with Gasteiger partial charge in [-0.25, -0.2) is 4.39 Å². The number of nitrogens with two attached hydrogens (primary N) is 1. The summed E-state index contributed by atoms with van der Waals surface area (Å²) >= 11 is 6.70. The summed E-state index contributed by atoms with van der Waals surface area (Å²) in [7, 11) is 0. The lowest BCUT2D eigenvalue weighted by molar-refractivity contribution is 0.478.